The van der Waals surface area contributed by atoms with Gasteiger partial charge in [0.25, 0.3) is 5.91 Å². The van der Waals surface area contributed by atoms with Crippen LogP contribution < -0.4 is 10.2 Å². The van der Waals surface area contributed by atoms with Crippen molar-refractivity contribution in [1.82, 2.24) is 20.0 Å². The molecule has 0 saturated carbocycles. The number of halogens is 2. The first kappa shape index (κ1) is 22.5. The Labute approximate surface area is 198 Å². The van der Waals surface area contributed by atoms with E-state index in [0.717, 1.165) is 73.6 Å². The molecule has 1 amide bonds. The van der Waals surface area contributed by atoms with Crippen LogP contribution in [0.2, 0.25) is 0 Å². The summed E-state index contributed by atoms with van der Waals surface area (Å²) in [5.41, 5.74) is 4.76. The fraction of sp³-hybridized carbons (Fsp3) is 0.385. The standard InChI is InChI=1S/C26H29F2N5O/c1-17(22-16-19(28)8-11-23(22)32-14-12-31(2)13-15-32)29-26(34)25-21-4-3-5-24(21)33(30-25)20-9-6-18(27)7-10-20/h6-11,16-17H,3-5,12-15H2,1-2H3,(H,29,34). The molecule has 0 spiro atoms. The number of nitrogens with one attached hydrogen (secondary N) is 1. The first-order valence-electron chi connectivity index (χ1n) is 11.8. The van der Waals surface area contributed by atoms with Gasteiger partial charge >= 0.3 is 0 Å². The molecule has 1 atom stereocenters. The second-order valence-corrected chi connectivity index (χ2v) is 9.20. The van der Waals surface area contributed by atoms with E-state index in [4.69, 9.17) is 0 Å². The van der Waals surface area contributed by atoms with Crippen molar-refractivity contribution in [2.45, 2.75) is 32.2 Å². The van der Waals surface area contributed by atoms with E-state index in [1.54, 1.807) is 22.9 Å². The highest BCUT2D eigenvalue weighted by atomic mass is 19.1. The molecule has 1 aliphatic heterocycles. The number of fused-ring (bicyclic) bond motifs is 1. The lowest BCUT2D eigenvalue weighted by Crippen LogP contribution is -2.45. The van der Waals surface area contributed by atoms with Crippen molar-refractivity contribution in [2.75, 3.05) is 38.1 Å². The number of benzene rings is 2. The van der Waals surface area contributed by atoms with Crippen molar-refractivity contribution in [3.63, 3.8) is 0 Å². The largest absolute Gasteiger partial charge is 0.369 e. The fourth-order valence-electron chi connectivity index (χ4n) is 4.97. The first-order valence-corrected chi connectivity index (χ1v) is 11.8. The van der Waals surface area contributed by atoms with Gasteiger partial charge in [-0.05, 0) is 75.7 Å². The van der Waals surface area contributed by atoms with Crippen LogP contribution in [0.25, 0.3) is 5.69 Å². The molecule has 2 heterocycles. The predicted molar refractivity (Wildman–Crippen MR) is 128 cm³/mol. The van der Waals surface area contributed by atoms with Crippen LogP contribution in [0, 0.1) is 11.6 Å². The number of rotatable bonds is 5. The number of piperazine rings is 1. The summed E-state index contributed by atoms with van der Waals surface area (Å²) in [4.78, 5) is 17.9. The molecule has 2 aromatic carbocycles. The normalized spacial score (nSPS) is 17.0. The van der Waals surface area contributed by atoms with Crippen LogP contribution in [0.1, 0.15) is 46.7 Å². The Kier molecular flexibility index (Phi) is 6.08. The second-order valence-electron chi connectivity index (χ2n) is 9.20. The number of carbonyl (C=O) groups is 1. The summed E-state index contributed by atoms with van der Waals surface area (Å²) in [6, 6.07) is 10.5. The lowest BCUT2D eigenvalue weighted by molar-refractivity contribution is 0.0933. The van der Waals surface area contributed by atoms with E-state index in [1.165, 1.54) is 24.3 Å². The van der Waals surface area contributed by atoms with Gasteiger partial charge in [-0.2, -0.15) is 5.10 Å². The number of carbonyl (C=O) groups excluding carboxylic acids is 1. The highest BCUT2D eigenvalue weighted by Gasteiger charge is 2.28. The Morgan fingerprint density at radius 2 is 1.71 bits per heavy atom. The molecule has 1 fully saturated rings. The summed E-state index contributed by atoms with van der Waals surface area (Å²) in [6.07, 6.45) is 2.54. The smallest absolute Gasteiger partial charge is 0.272 e. The molecule has 0 radical (unpaired) electrons. The minimum atomic E-state index is -0.397. The molecule has 8 heteroatoms. The predicted octanol–water partition coefficient (Wildman–Crippen LogP) is 3.88. The summed E-state index contributed by atoms with van der Waals surface area (Å²) in [7, 11) is 2.09. The van der Waals surface area contributed by atoms with Gasteiger partial charge in [0.2, 0.25) is 0 Å². The van der Waals surface area contributed by atoms with Crippen LogP contribution in [0.4, 0.5) is 14.5 Å². The third-order valence-electron chi connectivity index (χ3n) is 6.86. The summed E-state index contributed by atoms with van der Waals surface area (Å²) in [5.74, 6) is -0.916. The molecule has 178 valence electrons. The molecule has 2 aliphatic rings. The van der Waals surface area contributed by atoms with Crippen LogP contribution in [0.3, 0.4) is 0 Å². The maximum Gasteiger partial charge on any atom is 0.272 e. The maximum atomic E-state index is 14.2. The van der Waals surface area contributed by atoms with E-state index >= 15 is 0 Å². The van der Waals surface area contributed by atoms with Gasteiger partial charge in [0, 0.05) is 48.7 Å². The zero-order chi connectivity index (χ0) is 23.8. The van der Waals surface area contributed by atoms with Crippen molar-refractivity contribution < 1.29 is 13.6 Å². The van der Waals surface area contributed by atoms with Crippen molar-refractivity contribution in [2.24, 2.45) is 0 Å². The van der Waals surface area contributed by atoms with E-state index in [1.807, 2.05) is 6.92 Å². The third-order valence-corrected chi connectivity index (χ3v) is 6.86. The molecule has 0 bridgehead atoms. The van der Waals surface area contributed by atoms with E-state index < -0.39 is 6.04 Å². The van der Waals surface area contributed by atoms with Crippen LogP contribution in [-0.2, 0) is 12.8 Å². The monoisotopic (exact) mass is 465 g/mol. The molecular weight excluding hydrogens is 436 g/mol. The third kappa shape index (κ3) is 4.30. The number of nitrogens with zero attached hydrogens (tertiary/aromatic N) is 4. The van der Waals surface area contributed by atoms with E-state index in [2.05, 4.69) is 27.3 Å². The van der Waals surface area contributed by atoms with Gasteiger partial charge in [-0.15, -0.1) is 0 Å². The Morgan fingerprint density at radius 1 is 1.00 bits per heavy atom. The SMILES string of the molecule is CC(NC(=O)c1nn(-c2ccc(F)cc2)c2c1CCC2)c1cc(F)ccc1N1CCN(C)CC1. The molecular formula is C26H29F2N5O. The lowest BCUT2D eigenvalue weighted by atomic mass is 10.0. The number of anilines is 1. The van der Waals surface area contributed by atoms with E-state index in [0.29, 0.717) is 5.69 Å². The Hall–Kier alpha value is -3.26. The minimum Gasteiger partial charge on any atom is -0.369 e. The summed E-state index contributed by atoms with van der Waals surface area (Å²) < 4.78 is 29.4. The molecule has 34 heavy (non-hydrogen) atoms. The zero-order valence-corrected chi connectivity index (χ0v) is 19.5. The lowest BCUT2D eigenvalue weighted by Gasteiger charge is -2.36. The Morgan fingerprint density at radius 3 is 2.44 bits per heavy atom. The quantitative estimate of drug-likeness (QED) is 0.622. The van der Waals surface area contributed by atoms with Gasteiger partial charge in [0.05, 0.1) is 11.7 Å². The number of hydrogen-bond acceptors (Lipinski definition) is 4. The maximum absolute atomic E-state index is 14.2. The van der Waals surface area contributed by atoms with Crippen molar-refractivity contribution in [3.05, 3.63) is 76.6 Å². The van der Waals surface area contributed by atoms with Gasteiger partial charge in [-0.3, -0.25) is 4.79 Å². The number of amides is 1. The van der Waals surface area contributed by atoms with Crippen molar-refractivity contribution in [1.29, 1.82) is 0 Å². The Balaban J connectivity index is 1.41. The average molecular weight is 466 g/mol. The van der Waals surface area contributed by atoms with E-state index in [-0.39, 0.29) is 17.5 Å². The van der Waals surface area contributed by atoms with Gasteiger partial charge in [-0.25, -0.2) is 13.5 Å². The summed E-state index contributed by atoms with van der Waals surface area (Å²) >= 11 is 0. The fourth-order valence-corrected chi connectivity index (χ4v) is 4.97. The second kappa shape index (κ2) is 9.18. The summed E-state index contributed by atoms with van der Waals surface area (Å²) in [5, 5.41) is 7.66. The highest BCUT2D eigenvalue weighted by Crippen LogP contribution is 2.31. The molecule has 6 nitrogen and oxygen atoms in total. The number of likely N-dealkylation sites (N-methyl/N-ethyl adjacent to an activating group) is 1. The van der Waals surface area contributed by atoms with Gasteiger partial charge in [0.15, 0.2) is 5.69 Å². The van der Waals surface area contributed by atoms with Gasteiger partial charge < -0.3 is 15.1 Å². The molecule has 1 unspecified atom stereocenters. The Bertz CT molecular complexity index is 1200. The van der Waals surface area contributed by atoms with Crippen molar-refractivity contribution in [3.8, 4) is 5.69 Å². The highest BCUT2D eigenvalue weighted by molar-refractivity contribution is 5.94. The average Bonchev–Trinajstić information content (AvgIpc) is 3.43. The zero-order valence-electron chi connectivity index (χ0n) is 19.5. The molecule has 1 aromatic heterocycles. The van der Waals surface area contributed by atoms with E-state index in [9.17, 15) is 13.6 Å². The number of hydrogen-bond donors (Lipinski definition) is 1. The van der Waals surface area contributed by atoms with Crippen molar-refractivity contribution >= 4 is 11.6 Å². The molecule has 3 aromatic rings. The van der Waals surface area contributed by atoms with Crippen LogP contribution in [0.5, 0.6) is 0 Å². The summed E-state index contributed by atoms with van der Waals surface area (Å²) in [6.45, 7) is 5.45. The first-order chi connectivity index (χ1) is 16.4. The van der Waals surface area contributed by atoms with Gasteiger partial charge in [0.1, 0.15) is 11.6 Å². The van der Waals surface area contributed by atoms with Crippen LogP contribution in [0.15, 0.2) is 42.5 Å². The topological polar surface area (TPSA) is 53.4 Å². The molecule has 1 aliphatic carbocycles. The molecule has 1 saturated heterocycles. The molecule has 5 rings (SSSR count). The van der Waals surface area contributed by atoms with Crippen LogP contribution >= 0.6 is 0 Å². The number of aromatic nitrogens is 2. The molecule has 1 N–H and O–H groups in total. The van der Waals surface area contributed by atoms with Crippen LogP contribution in [-0.4, -0.2) is 53.8 Å². The minimum absolute atomic E-state index is 0.278. The van der Waals surface area contributed by atoms with Gasteiger partial charge in [-0.1, -0.05) is 0 Å².